The highest BCUT2D eigenvalue weighted by Gasteiger charge is 2.19. The predicted molar refractivity (Wildman–Crippen MR) is 74.0 cm³/mol. The van der Waals surface area contributed by atoms with Crippen LogP contribution in [-0.2, 0) is 6.42 Å². The lowest BCUT2D eigenvalue weighted by molar-refractivity contribution is 0.0695. The Balaban J connectivity index is 2.57. The number of aromatic nitrogens is 2. The van der Waals surface area contributed by atoms with E-state index in [2.05, 4.69) is 12.0 Å². The van der Waals surface area contributed by atoms with E-state index in [0.717, 1.165) is 17.7 Å². The minimum absolute atomic E-state index is 0.0844. The summed E-state index contributed by atoms with van der Waals surface area (Å²) in [5.74, 6) is -0.843. The standard InChI is InChI=1S/C15H18N2O2/c1-4-11-7-5-6-8-13(11)17-9-12(15(18)19)14(16-17)10(2)3/h5-10H,4H2,1-3H3,(H,18,19). The minimum Gasteiger partial charge on any atom is -0.478 e. The van der Waals surface area contributed by atoms with Crippen LogP contribution in [0, 0.1) is 0 Å². The molecule has 0 spiro atoms. The van der Waals surface area contributed by atoms with Crippen LogP contribution in [0.3, 0.4) is 0 Å². The molecule has 19 heavy (non-hydrogen) atoms. The van der Waals surface area contributed by atoms with Gasteiger partial charge in [-0.3, -0.25) is 0 Å². The molecule has 1 aromatic carbocycles. The second-order valence-electron chi connectivity index (χ2n) is 4.81. The Morgan fingerprint density at radius 2 is 2.05 bits per heavy atom. The zero-order valence-electron chi connectivity index (χ0n) is 11.4. The Morgan fingerprint density at radius 1 is 1.37 bits per heavy atom. The van der Waals surface area contributed by atoms with Gasteiger partial charge in [0.05, 0.1) is 11.4 Å². The molecule has 0 aliphatic heterocycles. The van der Waals surface area contributed by atoms with Gasteiger partial charge in [-0.25, -0.2) is 9.48 Å². The fourth-order valence-electron chi connectivity index (χ4n) is 2.14. The van der Waals surface area contributed by atoms with Crippen molar-refractivity contribution in [2.24, 2.45) is 0 Å². The number of hydrogen-bond donors (Lipinski definition) is 1. The van der Waals surface area contributed by atoms with Gasteiger partial charge in [-0.2, -0.15) is 5.10 Å². The number of para-hydroxylation sites is 1. The Morgan fingerprint density at radius 3 is 2.58 bits per heavy atom. The van der Waals surface area contributed by atoms with Gasteiger partial charge in [0.2, 0.25) is 0 Å². The van der Waals surface area contributed by atoms with E-state index in [-0.39, 0.29) is 11.5 Å². The largest absolute Gasteiger partial charge is 0.478 e. The summed E-state index contributed by atoms with van der Waals surface area (Å²) in [6.07, 6.45) is 2.49. The first-order valence-electron chi connectivity index (χ1n) is 6.45. The highest BCUT2D eigenvalue weighted by Crippen LogP contribution is 2.21. The third-order valence-electron chi connectivity index (χ3n) is 3.14. The van der Waals surface area contributed by atoms with Gasteiger partial charge in [-0.05, 0) is 24.0 Å². The van der Waals surface area contributed by atoms with E-state index < -0.39 is 5.97 Å². The van der Waals surface area contributed by atoms with Gasteiger partial charge < -0.3 is 5.11 Å². The molecule has 4 nitrogen and oxygen atoms in total. The van der Waals surface area contributed by atoms with Crippen LogP contribution in [-0.4, -0.2) is 20.9 Å². The molecule has 0 bridgehead atoms. The summed E-state index contributed by atoms with van der Waals surface area (Å²) in [6, 6.07) is 7.91. The number of aryl methyl sites for hydroxylation is 1. The van der Waals surface area contributed by atoms with E-state index >= 15 is 0 Å². The first-order valence-corrected chi connectivity index (χ1v) is 6.45. The monoisotopic (exact) mass is 258 g/mol. The van der Waals surface area contributed by atoms with Crippen LogP contribution in [0.1, 0.15) is 48.3 Å². The van der Waals surface area contributed by atoms with Gasteiger partial charge in [-0.1, -0.05) is 39.0 Å². The van der Waals surface area contributed by atoms with Crippen LogP contribution in [0.15, 0.2) is 30.5 Å². The van der Waals surface area contributed by atoms with Crippen molar-refractivity contribution in [3.05, 3.63) is 47.3 Å². The molecule has 0 atom stereocenters. The molecule has 100 valence electrons. The molecule has 0 unspecified atom stereocenters. The molecule has 2 rings (SSSR count). The van der Waals surface area contributed by atoms with E-state index in [9.17, 15) is 9.90 Å². The third kappa shape index (κ3) is 2.52. The second-order valence-corrected chi connectivity index (χ2v) is 4.81. The molecule has 0 saturated carbocycles. The van der Waals surface area contributed by atoms with Crippen LogP contribution in [0.5, 0.6) is 0 Å². The third-order valence-corrected chi connectivity index (χ3v) is 3.14. The van der Waals surface area contributed by atoms with Crippen molar-refractivity contribution in [3.8, 4) is 5.69 Å². The number of rotatable bonds is 4. The fourth-order valence-corrected chi connectivity index (χ4v) is 2.14. The van der Waals surface area contributed by atoms with Crippen molar-refractivity contribution >= 4 is 5.97 Å². The molecule has 2 aromatic rings. The molecule has 4 heteroatoms. The fraction of sp³-hybridized carbons (Fsp3) is 0.333. The molecule has 1 heterocycles. The lowest BCUT2D eigenvalue weighted by Crippen LogP contribution is -2.01. The Labute approximate surface area is 112 Å². The molecule has 0 saturated heterocycles. The van der Waals surface area contributed by atoms with E-state index in [1.165, 1.54) is 0 Å². The molecule has 0 aliphatic rings. The SMILES string of the molecule is CCc1ccccc1-n1cc(C(=O)O)c(C(C)C)n1. The van der Waals surface area contributed by atoms with E-state index in [1.807, 2.05) is 38.1 Å². The van der Waals surface area contributed by atoms with Crippen molar-refractivity contribution in [2.75, 3.05) is 0 Å². The lowest BCUT2D eigenvalue weighted by Gasteiger charge is -2.07. The maximum Gasteiger partial charge on any atom is 0.339 e. The van der Waals surface area contributed by atoms with Gasteiger partial charge in [0.25, 0.3) is 0 Å². The number of benzene rings is 1. The summed E-state index contributed by atoms with van der Waals surface area (Å²) in [7, 11) is 0. The second kappa shape index (κ2) is 5.26. The summed E-state index contributed by atoms with van der Waals surface area (Å²) in [4.78, 5) is 11.3. The molecule has 0 aliphatic carbocycles. The number of carboxylic acid groups (broad SMARTS) is 1. The Kier molecular flexibility index (Phi) is 3.69. The lowest BCUT2D eigenvalue weighted by atomic mass is 10.1. The molecule has 0 radical (unpaired) electrons. The number of carbonyl (C=O) groups is 1. The molecule has 1 N–H and O–H groups in total. The quantitative estimate of drug-likeness (QED) is 0.915. The molecular weight excluding hydrogens is 240 g/mol. The average molecular weight is 258 g/mol. The number of nitrogens with zero attached hydrogens (tertiary/aromatic N) is 2. The van der Waals surface area contributed by atoms with Crippen LogP contribution in [0.2, 0.25) is 0 Å². The van der Waals surface area contributed by atoms with Crippen molar-refractivity contribution in [2.45, 2.75) is 33.1 Å². The molecule has 0 fully saturated rings. The maximum atomic E-state index is 11.3. The van der Waals surface area contributed by atoms with Gasteiger partial charge in [-0.15, -0.1) is 0 Å². The molecule has 0 amide bonds. The first kappa shape index (κ1) is 13.3. The van der Waals surface area contributed by atoms with Crippen LogP contribution in [0.25, 0.3) is 5.69 Å². The van der Waals surface area contributed by atoms with E-state index in [1.54, 1.807) is 10.9 Å². The zero-order valence-corrected chi connectivity index (χ0v) is 11.4. The van der Waals surface area contributed by atoms with E-state index in [4.69, 9.17) is 0 Å². The summed E-state index contributed by atoms with van der Waals surface area (Å²) in [5.41, 5.74) is 3.00. The van der Waals surface area contributed by atoms with Gasteiger partial charge >= 0.3 is 5.97 Å². The van der Waals surface area contributed by atoms with Crippen molar-refractivity contribution in [1.29, 1.82) is 0 Å². The number of aromatic carboxylic acids is 1. The minimum atomic E-state index is -0.927. The van der Waals surface area contributed by atoms with Crippen molar-refractivity contribution in [3.63, 3.8) is 0 Å². The Hall–Kier alpha value is -2.10. The zero-order chi connectivity index (χ0) is 14.0. The smallest absolute Gasteiger partial charge is 0.339 e. The molecular formula is C15H18N2O2. The first-order chi connectivity index (χ1) is 9.04. The predicted octanol–water partition coefficient (Wildman–Crippen LogP) is 3.26. The normalized spacial score (nSPS) is 10.9. The summed E-state index contributed by atoms with van der Waals surface area (Å²) in [6.45, 7) is 5.97. The topological polar surface area (TPSA) is 55.1 Å². The van der Waals surface area contributed by atoms with Crippen molar-refractivity contribution in [1.82, 2.24) is 9.78 Å². The number of carboxylic acids is 1. The molecule has 1 aromatic heterocycles. The highest BCUT2D eigenvalue weighted by molar-refractivity contribution is 5.89. The highest BCUT2D eigenvalue weighted by atomic mass is 16.4. The van der Waals surface area contributed by atoms with Crippen molar-refractivity contribution < 1.29 is 9.90 Å². The maximum absolute atomic E-state index is 11.3. The van der Waals surface area contributed by atoms with Gasteiger partial charge in [0, 0.05) is 6.20 Å². The summed E-state index contributed by atoms with van der Waals surface area (Å²) in [5, 5.41) is 13.7. The van der Waals surface area contributed by atoms with Gasteiger partial charge in [0.15, 0.2) is 0 Å². The van der Waals surface area contributed by atoms with Crippen LogP contribution < -0.4 is 0 Å². The Bertz CT molecular complexity index is 600. The van der Waals surface area contributed by atoms with E-state index in [0.29, 0.717) is 5.69 Å². The van der Waals surface area contributed by atoms with Crippen LogP contribution in [0.4, 0.5) is 0 Å². The average Bonchev–Trinajstić information content (AvgIpc) is 2.84. The summed E-state index contributed by atoms with van der Waals surface area (Å²) < 4.78 is 1.68. The number of hydrogen-bond acceptors (Lipinski definition) is 2. The van der Waals surface area contributed by atoms with Crippen LogP contribution >= 0.6 is 0 Å². The van der Waals surface area contributed by atoms with Gasteiger partial charge in [0.1, 0.15) is 5.56 Å². The summed E-state index contributed by atoms with van der Waals surface area (Å²) >= 11 is 0.